The summed E-state index contributed by atoms with van der Waals surface area (Å²) in [6.07, 6.45) is -3.15. The summed E-state index contributed by atoms with van der Waals surface area (Å²) in [6, 6.07) is 17.8. The van der Waals surface area contributed by atoms with Crippen molar-refractivity contribution in [1.29, 1.82) is 0 Å². The second-order valence-electron chi connectivity index (χ2n) is 7.57. The number of amides is 2. The first kappa shape index (κ1) is 23.6. The van der Waals surface area contributed by atoms with E-state index in [1.807, 2.05) is 42.5 Å². The predicted molar refractivity (Wildman–Crippen MR) is 129 cm³/mol. The van der Waals surface area contributed by atoms with Gasteiger partial charge in [0, 0.05) is 24.0 Å². The van der Waals surface area contributed by atoms with Crippen LogP contribution in [0.25, 0.3) is 10.8 Å². The van der Waals surface area contributed by atoms with E-state index in [-0.39, 0.29) is 24.6 Å². The Bertz CT molecular complexity index is 1280. The molecule has 34 heavy (non-hydrogen) atoms. The molecule has 174 valence electrons. The maximum Gasteiger partial charge on any atom is 0.416 e. The molecule has 1 atom stereocenters. The Balaban J connectivity index is 1.53. The Labute approximate surface area is 198 Å². The van der Waals surface area contributed by atoms with Gasteiger partial charge in [-0.1, -0.05) is 60.3 Å². The third-order valence-corrected chi connectivity index (χ3v) is 6.33. The Morgan fingerprint density at radius 3 is 2.62 bits per heavy atom. The number of carbonyl (C=O) groups excluding carboxylic acids is 2. The Morgan fingerprint density at radius 2 is 1.85 bits per heavy atom. The molecular weight excluding hydrogens is 463 g/mol. The first-order chi connectivity index (χ1) is 16.3. The third-order valence-electron chi connectivity index (χ3n) is 5.16. The lowest BCUT2D eigenvalue weighted by Gasteiger charge is -2.14. The summed E-state index contributed by atoms with van der Waals surface area (Å²) in [5.74, 6) is -0.863. The lowest BCUT2D eigenvalue weighted by molar-refractivity contribution is -0.137. The molecule has 1 heterocycles. The van der Waals surface area contributed by atoms with Crippen LogP contribution in [0.4, 0.5) is 24.5 Å². The van der Waals surface area contributed by atoms with Crippen LogP contribution in [0.2, 0.25) is 0 Å². The number of hydrogen-bond acceptors (Lipinski definition) is 4. The molecule has 0 aromatic heterocycles. The number of amidine groups is 1. The smallest absolute Gasteiger partial charge is 0.326 e. The zero-order valence-corrected chi connectivity index (χ0v) is 18.7. The first-order valence-electron chi connectivity index (χ1n) is 10.4. The van der Waals surface area contributed by atoms with Crippen LogP contribution >= 0.6 is 11.8 Å². The second-order valence-corrected chi connectivity index (χ2v) is 8.74. The summed E-state index contributed by atoms with van der Waals surface area (Å²) < 4.78 is 38.8. The molecule has 1 unspecified atom stereocenters. The monoisotopic (exact) mass is 483 g/mol. The summed E-state index contributed by atoms with van der Waals surface area (Å²) >= 11 is 1.15. The number of aliphatic imine (C=N–C) groups is 1. The van der Waals surface area contributed by atoms with Crippen molar-refractivity contribution in [3.8, 4) is 0 Å². The second kappa shape index (κ2) is 9.72. The number of benzene rings is 3. The topological polar surface area (TPSA) is 61.8 Å². The van der Waals surface area contributed by atoms with E-state index >= 15 is 0 Å². The van der Waals surface area contributed by atoms with Crippen LogP contribution in [0.5, 0.6) is 0 Å². The number of nitrogens with one attached hydrogen (secondary N) is 1. The molecule has 9 heteroatoms. The zero-order valence-electron chi connectivity index (χ0n) is 17.9. The highest BCUT2D eigenvalue weighted by Gasteiger charge is 2.39. The number of halogens is 3. The van der Waals surface area contributed by atoms with Gasteiger partial charge >= 0.3 is 6.18 Å². The van der Waals surface area contributed by atoms with E-state index in [0.29, 0.717) is 10.9 Å². The molecule has 0 aliphatic carbocycles. The summed E-state index contributed by atoms with van der Waals surface area (Å²) in [5.41, 5.74) is -0.155. The van der Waals surface area contributed by atoms with Crippen LogP contribution in [-0.2, 0) is 15.8 Å². The van der Waals surface area contributed by atoms with Gasteiger partial charge in [-0.2, -0.15) is 13.2 Å². The van der Waals surface area contributed by atoms with Crippen molar-refractivity contribution in [1.82, 2.24) is 4.90 Å². The number of rotatable bonds is 6. The van der Waals surface area contributed by atoms with Gasteiger partial charge in [0.1, 0.15) is 5.25 Å². The fourth-order valence-corrected chi connectivity index (χ4v) is 4.74. The Hall–Kier alpha value is -3.59. The van der Waals surface area contributed by atoms with E-state index in [1.54, 1.807) is 6.08 Å². The average Bonchev–Trinajstić information content (AvgIpc) is 3.08. The lowest BCUT2D eigenvalue weighted by Crippen LogP contribution is -2.33. The molecule has 5 nitrogen and oxygen atoms in total. The number of nitrogens with zero attached hydrogens (tertiary/aromatic N) is 2. The van der Waals surface area contributed by atoms with Gasteiger partial charge in [-0.05, 0) is 29.7 Å². The van der Waals surface area contributed by atoms with Crippen LogP contribution in [0, 0.1) is 0 Å². The van der Waals surface area contributed by atoms with E-state index in [0.717, 1.165) is 34.7 Å². The molecule has 1 aliphatic heterocycles. The number of anilines is 1. The average molecular weight is 484 g/mol. The van der Waals surface area contributed by atoms with Gasteiger partial charge in [0.05, 0.1) is 11.3 Å². The minimum absolute atomic E-state index is 0.0165. The fourth-order valence-electron chi connectivity index (χ4n) is 3.58. The number of hydrogen-bond donors (Lipinski definition) is 1. The van der Waals surface area contributed by atoms with E-state index in [2.05, 4.69) is 11.9 Å². The van der Waals surface area contributed by atoms with E-state index in [9.17, 15) is 22.8 Å². The molecule has 4 rings (SSSR count). The maximum atomic E-state index is 13.0. The quantitative estimate of drug-likeness (QED) is 0.437. The summed E-state index contributed by atoms with van der Waals surface area (Å²) in [7, 11) is 0. The van der Waals surface area contributed by atoms with Crippen LogP contribution in [-0.4, -0.2) is 33.7 Å². The molecule has 0 saturated carbocycles. The van der Waals surface area contributed by atoms with Crippen molar-refractivity contribution in [2.24, 2.45) is 4.99 Å². The van der Waals surface area contributed by atoms with Gasteiger partial charge in [-0.3, -0.25) is 14.5 Å². The van der Waals surface area contributed by atoms with Crippen LogP contribution in [0.15, 0.2) is 84.4 Å². The summed E-state index contributed by atoms with van der Waals surface area (Å²) in [4.78, 5) is 31.7. The zero-order chi connectivity index (χ0) is 24.3. The SMILES string of the molecule is C=CCN1C(=O)C(CC(=O)Nc2cccc(C(F)(F)F)c2)SC1=Nc1cccc2ccccc12. The third kappa shape index (κ3) is 5.14. The van der Waals surface area contributed by atoms with Crippen molar-refractivity contribution < 1.29 is 22.8 Å². The van der Waals surface area contributed by atoms with Crippen molar-refractivity contribution in [3.63, 3.8) is 0 Å². The lowest BCUT2D eigenvalue weighted by atomic mass is 10.1. The standard InChI is InChI=1S/C25H20F3N3O2S/c1-2-13-31-23(33)21(15-22(32)29-18-10-6-9-17(14-18)25(26,27)28)34-24(31)30-20-12-5-8-16-7-3-4-11-19(16)20/h2-12,14,21H,1,13,15H2,(H,29,32). The van der Waals surface area contributed by atoms with Crippen LogP contribution in [0.3, 0.4) is 0 Å². The molecule has 3 aromatic carbocycles. The largest absolute Gasteiger partial charge is 0.416 e. The van der Waals surface area contributed by atoms with E-state index in [4.69, 9.17) is 4.99 Å². The first-order valence-corrected chi connectivity index (χ1v) is 11.3. The fraction of sp³-hybridized carbons (Fsp3) is 0.160. The van der Waals surface area contributed by atoms with E-state index < -0.39 is 22.9 Å². The molecule has 1 fully saturated rings. The van der Waals surface area contributed by atoms with Gasteiger partial charge in [0.2, 0.25) is 11.8 Å². The van der Waals surface area contributed by atoms with Gasteiger partial charge in [-0.25, -0.2) is 4.99 Å². The highest BCUT2D eigenvalue weighted by Crippen LogP contribution is 2.34. The number of fused-ring (bicyclic) bond motifs is 1. The Morgan fingerprint density at radius 1 is 1.12 bits per heavy atom. The van der Waals surface area contributed by atoms with Gasteiger partial charge in [-0.15, -0.1) is 6.58 Å². The molecule has 1 saturated heterocycles. The van der Waals surface area contributed by atoms with Crippen molar-refractivity contribution >= 4 is 50.9 Å². The highest BCUT2D eigenvalue weighted by molar-refractivity contribution is 8.15. The molecule has 0 radical (unpaired) electrons. The summed E-state index contributed by atoms with van der Waals surface area (Å²) in [6.45, 7) is 3.91. The number of alkyl halides is 3. The van der Waals surface area contributed by atoms with Crippen LogP contribution in [0.1, 0.15) is 12.0 Å². The molecule has 1 aliphatic rings. The minimum Gasteiger partial charge on any atom is -0.326 e. The normalized spacial score (nSPS) is 17.4. The summed E-state index contributed by atoms with van der Waals surface area (Å²) in [5, 5.41) is 4.08. The Kier molecular flexibility index (Phi) is 6.74. The minimum atomic E-state index is -4.52. The van der Waals surface area contributed by atoms with E-state index in [1.165, 1.54) is 17.0 Å². The van der Waals surface area contributed by atoms with Crippen molar-refractivity contribution in [2.45, 2.75) is 17.8 Å². The van der Waals surface area contributed by atoms with Gasteiger partial charge in [0.25, 0.3) is 0 Å². The molecular formula is C25H20F3N3O2S. The maximum absolute atomic E-state index is 13.0. The molecule has 0 spiro atoms. The predicted octanol–water partition coefficient (Wildman–Crippen LogP) is 6.00. The van der Waals surface area contributed by atoms with Gasteiger partial charge < -0.3 is 5.32 Å². The molecule has 0 bridgehead atoms. The number of thioether (sulfide) groups is 1. The van der Waals surface area contributed by atoms with Crippen molar-refractivity contribution in [3.05, 3.63) is 84.9 Å². The molecule has 2 amide bonds. The van der Waals surface area contributed by atoms with Gasteiger partial charge in [0.15, 0.2) is 5.17 Å². The number of carbonyl (C=O) groups is 2. The van der Waals surface area contributed by atoms with Crippen molar-refractivity contribution in [2.75, 3.05) is 11.9 Å². The highest BCUT2D eigenvalue weighted by atomic mass is 32.2. The molecule has 3 aromatic rings. The molecule has 1 N–H and O–H groups in total. The van der Waals surface area contributed by atoms with Crippen LogP contribution < -0.4 is 5.32 Å².